The maximum absolute atomic E-state index is 13.7. The molecule has 0 saturated heterocycles. The molecule has 104 valence electrons. The van der Waals surface area contributed by atoms with Crippen LogP contribution in [0.15, 0.2) is 36.4 Å². The lowest BCUT2D eigenvalue weighted by atomic mass is 10.1. The van der Waals surface area contributed by atoms with Crippen LogP contribution in [-0.4, -0.2) is 6.61 Å². The van der Waals surface area contributed by atoms with E-state index in [4.69, 9.17) is 10.5 Å². The zero-order valence-electron chi connectivity index (χ0n) is 11.4. The Kier molecular flexibility index (Phi) is 3.22. The Hall–Kier alpha value is -2.23. The predicted octanol–water partition coefficient (Wildman–Crippen LogP) is 3.33. The van der Waals surface area contributed by atoms with Crippen molar-refractivity contribution in [1.29, 1.82) is 0 Å². The third-order valence-corrected chi connectivity index (χ3v) is 3.56. The van der Waals surface area contributed by atoms with Gasteiger partial charge in [-0.2, -0.15) is 0 Å². The van der Waals surface area contributed by atoms with Crippen molar-refractivity contribution in [2.75, 3.05) is 17.2 Å². The van der Waals surface area contributed by atoms with E-state index >= 15 is 0 Å². The third kappa shape index (κ3) is 2.18. The van der Waals surface area contributed by atoms with Crippen molar-refractivity contribution in [2.45, 2.75) is 20.0 Å². The number of benzene rings is 2. The molecule has 0 unspecified atom stereocenters. The van der Waals surface area contributed by atoms with Crippen LogP contribution in [0.2, 0.25) is 0 Å². The zero-order chi connectivity index (χ0) is 14.1. The van der Waals surface area contributed by atoms with Crippen LogP contribution in [0.1, 0.15) is 18.1 Å². The monoisotopic (exact) mass is 272 g/mol. The summed E-state index contributed by atoms with van der Waals surface area (Å²) in [6, 6.07) is 11.3. The van der Waals surface area contributed by atoms with Gasteiger partial charge in [0.1, 0.15) is 0 Å². The number of nitrogens with two attached hydrogens (primary N) is 1. The molecule has 0 atom stereocenters. The number of hydrogen-bond donors (Lipinski definition) is 1. The summed E-state index contributed by atoms with van der Waals surface area (Å²) in [4.78, 5) is 2.14. The molecular formula is C16H17FN2O. The Labute approximate surface area is 117 Å². The minimum absolute atomic E-state index is 0.257. The summed E-state index contributed by atoms with van der Waals surface area (Å²) in [6.45, 7) is 3.84. The van der Waals surface area contributed by atoms with E-state index < -0.39 is 5.82 Å². The Morgan fingerprint density at radius 3 is 2.45 bits per heavy atom. The standard InChI is InChI=1S/C16H17FN2O/c1-2-20-16-8-15(14(18)7-13(16)17)19-9-11-5-3-4-6-12(11)10-19/h3-8H,2,9-10,18H2,1H3. The number of rotatable bonds is 3. The van der Waals surface area contributed by atoms with E-state index in [0.29, 0.717) is 12.3 Å². The second-order valence-corrected chi connectivity index (χ2v) is 4.90. The molecule has 0 aliphatic carbocycles. The van der Waals surface area contributed by atoms with Gasteiger partial charge in [0.25, 0.3) is 0 Å². The molecular weight excluding hydrogens is 255 g/mol. The minimum atomic E-state index is -0.412. The predicted molar refractivity (Wildman–Crippen MR) is 78.3 cm³/mol. The third-order valence-electron chi connectivity index (χ3n) is 3.56. The van der Waals surface area contributed by atoms with Crippen molar-refractivity contribution in [3.63, 3.8) is 0 Å². The molecule has 0 saturated carbocycles. The van der Waals surface area contributed by atoms with Gasteiger partial charge < -0.3 is 15.4 Å². The topological polar surface area (TPSA) is 38.5 Å². The second-order valence-electron chi connectivity index (χ2n) is 4.90. The summed E-state index contributed by atoms with van der Waals surface area (Å²) in [5.74, 6) is -0.155. The molecule has 2 aromatic rings. The molecule has 0 fully saturated rings. The molecule has 0 spiro atoms. The fourth-order valence-corrected chi connectivity index (χ4v) is 2.60. The van der Waals surface area contributed by atoms with Gasteiger partial charge in [-0.1, -0.05) is 24.3 Å². The molecule has 0 radical (unpaired) electrons. The van der Waals surface area contributed by atoms with Crippen LogP contribution in [0.5, 0.6) is 5.75 Å². The molecule has 0 amide bonds. The first-order valence-corrected chi connectivity index (χ1v) is 6.72. The van der Waals surface area contributed by atoms with Crippen LogP contribution in [0.3, 0.4) is 0 Å². The summed E-state index contributed by atoms with van der Waals surface area (Å²) in [5.41, 5.74) is 9.80. The molecule has 1 aliphatic heterocycles. The summed E-state index contributed by atoms with van der Waals surface area (Å²) >= 11 is 0. The summed E-state index contributed by atoms with van der Waals surface area (Å²) in [5, 5.41) is 0. The first-order valence-electron chi connectivity index (χ1n) is 6.72. The van der Waals surface area contributed by atoms with E-state index in [1.54, 1.807) is 6.07 Å². The average molecular weight is 272 g/mol. The normalized spacial score (nSPS) is 13.4. The van der Waals surface area contributed by atoms with Gasteiger partial charge in [0, 0.05) is 25.2 Å². The average Bonchev–Trinajstić information content (AvgIpc) is 2.85. The summed E-state index contributed by atoms with van der Waals surface area (Å²) < 4.78 is 19.1. The molecule has 0 bridgehead atoms. The van der Waals surface area contributed by atoms with Crippen molar-refractivity contribution in [3.8, 4) is 5.75 Å². The number of halogens is 1. The molecule has 2 aromatic carbocycles. The number of nitrogens with zero attached hydrogens (tertiary/aromatic N) is 1. The Balaban J connectivity index is 1.94. The lowest BCUT2D eigenvalue weighted by molar-refractivity contribution is 0.321. The van der Waals surface area contributed by atoms with Gasteiger partial charge in [-0.3, -0.25) is 0 Å². The van der Waals surface area contributed by atoms with Crippen LogP contribution in [0.4, 0.5) is 15.8 Å². The fourth-order valence-electron chi connectivity index (χ4n) is 2.60. The highest BCUT2D eigenvalue weighted by molar-refractivity contribution is 5.71. The highest BCUT2D eigenvalue weighted by Gasteiger charge is 2.21. The van der Waals surface area contributed by atoms with Crippen LogP contribution >= 0.6 is 0 Å². The van der Waals surface area contributed by atoms with Crippen molar-refractivity contribution in [1.82, 2.24) is 0 Å². The van der Waals surface area contributed by atoms with Gasteiger partial charge in [0.15, 0.2) is 11.6 Å². The van der Waals surface area contributed by atoms with Gasteiger partial charge in [-0.05, 0) is 18.1 Å². The number of nitrogen functional groups attached to an aromatic ring is 1. The SMILES string of the molecule is CCOc1cc(N2Cc3ccccc3C2)c(N)cc1F. The second kappa shape index (κ2) is 5.04. The maximum Gasteiger partial charge on any atom is 0.167 e. The largest absolute Gasteiger partial charge is 0.491 e. The lowest BCUT2D eigenvalue weighted by Gasteiger charge is -2.21. The van der Waals surface area contributed by atoms with Gasteiger partial charge in [0.05, 0.1) is 18.0 Å². The van der Waals surface area contributed by atoms with E-state index in [1.807, 2.05) is 19.1 Å². The zero-order valence-corrected chi connectivity index (χ0v) is 11.4. The van der Waals surface area contributed by atoms with Crippen molar-refractivity contribution < 1.29 is 9.13 Å². The van der Waals surface area contributed by atoms with Crippen molar-refractivity contribution in [3.05, 3.63) is 53.3 Å². The lowest BCUT2D eigenvalue weighted by Crippen LogP contribution is -2.16. The first-order chi connectivity index (χ1) is 9.69. The molecule has 3 nitrogen and oxygen atoms in total. The van der Waals surface area contributed by atoms with E-state index in [9.17, 15) is 4.39 Å². The van der Waals surface area contributed by atoms with Crippen molar-refractivity contribution in [2.24, 2.45) is 0 Å². The van der Waals surface area contributed by atoms with E-state index in [0.717, 1.165) is 18.8 Å². The summed E-state index contributed by atoms with van der Waals surface area (Å²) in [7, 11) is 0. The molecule has 3 rings (SSSR count). The summed E-state index contributed by atoms with van der Waals surface area (Å²) in [6.07, 6.45) is 0. The Morgan fingerprint density at radius 2 is 1.85 bits per heavy atom. The smallest absolute Gasteiger partial charge is 0.167 e. The van der Waals surface area contributed by atoms with Gasteiger partial charge >= 0.3 is 0 Å². The maximum atomic E-state index is 13.7. The van der Waals surface area contributed by atoms with E-state index in [1.165, 1.54) is 17.2 Å². The highest BCUT2D eigenvalue weighted by atomic mass is 19.1. The minimum Gasteiger partial charge on any atom is -0.491 e. The molecule has 20 heavy (non-hydrogen) atoms. The number of anilines is 2. The van der Waals surface area contributed by atoms with Gasteiger partial charge in [-0.25, -0.2) is 4.39 Å². The number of fused-ring (bicyclic) bond motifs is 1. The molecule has 4 heteroatoms. The number of ether oxygens (including phenoxy) is 1. The Morgan fingerprint density at radius 1 is 1.20 bits per heavy atom. The molecule has 0 aromatic heterocycles. The van der Waals surface area contributed by atoms with Gasteiger partial charge in [-0.15, -0.1) is 0 Å². The fraction of sp³-hybridized carbons (Fsp3) is 0.250. The highest BCUT2D eigenvalue weighted by Crippen LogP contribution is 2.36. The number of hydrogen-bond acceptors (Lipinski definition) is 3. The van der Waals surface area contributed by atoms with Crippen LogP contribution in [0.25, 0.3) is 0 Å². The van der Waals surface area contributed by atoms with Crippen LogP contribution in [0, 0.1) is 5.82 Å². The van der Waals surface area contributed by atoms with Crippen molar-refractivity contribution >= 4 is 11.4 Å². The molecule has 1 aliphatic rings. The van der Waals surface area contributed by atoms with Gasteiger partial charge in [0.2, 0.25) is 0 Å². The first kappa shape index (κ1) is 12.8. The Bertz CT molecular complexity index is 617. The molecule has 2 N–H and O–H groups in total. The van der Waals surface area contributed by atoms with E-state index in [-0.39, 0.29) is 5.75 Å². The molecule has 1 heterocycles. The quantitative estimate of drug-likeness (QED) is 0.871. The van der Waals surface area contributed by atoms with Crippen LogP contribution < -0.4 is 15.4 Å². The van der Waals surface area contributed by atoms with E-state index in [2.05, 4.69) is 17.0 Å². The van der Waals surface area contributed by atoms with Crippen LogP contribution in [-0.2, 0) is 13.1 Å².